The van der Waals surface area contributed by atoms with Crippen LogP contribution in [0.2, 0.25) is 5.02 Å². The molecule has 2 N–H and O–H groups in total. The zero-order valence-corrected chi connectivity index (χ0v) is 12.8. The highest BCUT2D eigenvalue weighted by molar-refractivity contribution is 6.32. The number of ether oxygens (including phenoxy) is 1. The third-order valence-corrected chi connectivity index (χ3v) is 3.97. The van der Waals surface area contributed by atoms with Crippen LogP contribution in [-0.4, -0.2) is 23.0 Å². The summed E-state index contributed by atoms with van der Waals surface area (Å²) in [6, 6.07) is 5.96. The van der Waals surface area contributed by atoms with Gasteiger partial charge in [0.25, 0.3) is 5.56 Å². The van der Waals surface area contributed by atoms with Crippen molar-refractivity contribution in [2.45, 2.75) is 19.3 Å². The number of hydrogen-bond donors (Lipinski definition) is 2. The smallest absolute Gasteiger partial charge is 0.285 e. The van der Waals surface area contributed by atoms with E-state index in [4.69, 9.17) is 16.3 Å². The quantitative estimate of drug-likeness (QED) is 0.852. The number of aromatic nitrogens is 2. The fourth-order valence-electron chi connectivity index (χ4n) is 2.47. The van der Waals surface area contributed by atoms with Crippen LogP contribution in [0.25, 0.3) is 0 Å². The average Bonchev–Trinajstić information content (AvgIpc) is 2.55. The summed E-state index contributed by atoms with van der Waals surface area (Å²) in [6.07, 6.45) is 4.31. The van der Waals surface area contributed by atoms with Crippen molar-refractivity contribution in [3.63, 3.8) is 0 Å². The first-order chi connectivity index (χ1) is 10.7. The molecule has 0 aliphatic heterocycles. The molecule has 6 nitrogen and oxygen atoms in total. The van der Waals surface area contributed by atoms with Gasteiger partial charge < -0.3 is 4.74 Å². The first-order valence-corrected chi connectivity index (χ1v) is 7.30. The van der Waals surface area contributed by atoms with Gasteiger partial charge in [-0.25, -0.2) is 5.10 Å². The predicted molar refractivity (Wildman–Crippen MR) is 86.0 cm³/mol. The molecule has 1 aromatic heterocycles. The van der Waals surface area contributed by atoms with E-state index in [0.717, 1.165) is 36.3 Å². The van der Waals surface area contributed by atoms with E-state index in [2.05, 4.69) is 20.7 Å². The van der Waals surface area contributed by atoms with E-state index < -0.39 is 5.56 Å². The van der Waals surface area contributed by atoms with Gasteiger partial charge in [-0.2, -0.15) is 10.2 Å². The first kappa shape index (κ1) is 14.6. The Morgan fingerprint density at radius 1 is 1.41 bits per heavy atom. The van der Waals surface area contributed by atoms with Gasteiger partial charge in [-0.3, -0.25) is 10.2 Å². The number of hydrazone groups is 1. The lowest BCUT2D eigenvalue weighted by molar-refractivity contribution is 0.414. The number of nitrogens with zero attached hydrogens (tertiary/aromatic N) is 2. The molecule has 1 heterocycles. The van der Waals surface area contributed by atoms with E-state index in [0.29, 0.717) is 5.69 Å². The SMILES string of the molecule is COc1ccc2c(c1)CCC/C2=N/Nc1cn[nH]c(=O)c1Cl. The van der Waals surface area contributed by atoms with Gasteiger partial charge in [-0.15, -0.1) is 0 Å². The summed E-state index contributed by atoms with van der Waals surface area (Å²) >= 11 is 5.92. The number of benzene rings is 1. The number of nitrogens with one attached hydrogen (secondary N) is 2. The minimum atomic E-state index is -0.444. The number of rotatable bonds is 3. The maximum Gasteiger partial charge on any atom is 0.285 e. The van der Waals surface area contributed by atoms with Crippen molar-refractivity contribution in [1.82, 2.24) is 10.2 Å². The number of H-pyrrole nitrogens is 1. The van der Waals surface area contributed by atoms with Crippen molar-refractivity contribution in [2.75, 3.05) is 12.5 Å². The Kier molecular flexibility index (Phi) is 4.11. The Labute approximate surface area is 132 Å². The average molecular weight is 319 g/mol. The highest BCUT2D eigenvalue weighted by Gasteiger charge is 2.16. The highest BCUT2D eigenvalue weighted by atomic mass is 35.5. The largest absolute Gasteiger partial charge is 0.497 e. The number of hydrogen-bond acceptors (Lipinski definition) is 5. The van der Waals surface area contributed by atoms with Gasteiger partial charge in [-0.05, 0) is 43.0 Å². The Morgan fingerprint density at radius 2 is 2.27 bits per heavy atom. The summed E-state index contributed by atoms with van der Waals surface area (Å²) in [5, 5.41) is 10.4. The molecular weight excluding hydrogens is 304 g/mol. The van der Waals surface area contributed by atoms with Crippen molar-refractivity contribution in [3.05, 3.63) is 50.9 Å². The lowest BCUT2D eigenvalue weighted by Crippen LogP contribution is -2.15. The molecule has 0 unspecified atom stereocenters. The second-order valence-electron chi connectivity index (χ2n) is 4.97. The zero-order chi connectivity index (χ0) is 15.5. The Morgan fingerprint density at radius 3 is 3.09 bits per heavy atom. The second kappa shape index (κ2) is 6.19. The predicted octanol–water partition coefficient (Wildman–Crippen LogP) is 2.58. The molecule has 0 fully saturated rings. The molecule has 1 aromatic carbocycles. The third-order valence-electron chi connectivity index (χ3n) is 3.59. The van der Waals surface area contributed by atoms with E-state index in [-0.39, 0.29) is 5.02 Å². The van der Waals surface area contributed by atoms with Gasteiger partial charge >= 0.3 is 0 Å². The molecular formula is C15H15ClN4O2. The molecule has 1 aliphatic rings. The van der Waals surface area contributed by atoms with Crippen molar-refractivity contribution < 1.29 is 4.74 Å². The van der Waals surface area contributed by atoms with Gasteiger partial charge in [-0.1, -0.05) is 11.6 Å². The van der Waals surface area contributed by atoms with Crippen LogP contribution in [0.4, 0.5) is 5.69 Å². The lowest BCUT2D eigenvalue weighted by atomic mass is 9.90. The van der Waals surface area contributed by atoms with Gasteiger partial charge in [0.05, 0.1) is 19.0 Å². The van der Waals surface area contributed by atoms with Crippen molar-refractivity contribution in [3.8, 4) is 5.75 Å². The standard InChI is InChI=1S/C15H15ClN4O2/c1-22-10-5-6-11-9(7-10)3-2-4-12(11)18-19-13-8-17-20-15(21)14(13)16/h5-8H,2-4H2,1H3,(H2,19,20,21)/b18-12-. The molecule has 7 heteroatoms. The molecule has 2 aromatic rings. The molecule has 3 rings (SSSR count). The van der Waals surface area contributed by atoms with Crippen LogP contribution in [0.1, 0.15) is 24.0 Å². The van der Waals surface area contributed by atoms with E-state index in [1.54, 1.807) is 7.11 Å². The fraction of sp³-hybridized carbons (Fsp3) is 0.267. The van der Waals surface area contributed by atoms with E-state index in [1.165, 1.54) is 11.8 Å². The van der Waals surface area contributed by atoms with E-state index in [9.17, 15) is 4.79 Å². The summed E-state index contributed by atoms with van der Waals surface area (Å²) in [5.74, 6) is 0.842. The maximum atomic E-state index is 11.4. The van der Waals surface area contributed by atoms with Gasteiger partial charge in [0.15, 0.2) is 0 Å². The van der Waals surface area contributed by atoms with Crippen LogP contribution >= 0.6 is 11.6 Å². The molecule has 0 amide bonds. The van der Waals surface area contributed by atoms with Crippen LogP contribution in [0.3, 0.4) is 0 Å². The van der Waals surface area contributed by atoms with Crippen LogP contribution < -0.4 is 15.7 Å². The molecule has 0 saturated heterocycles. The molecule has 22 heavy (non-hydrogen) atoms. The van der Waals surface area contributed by atoms with Crippen molar-refractivity contribution >= 4 is 23.0 Å². The number of halogens is 1. The molecule has 0 radical (unpaired) electrons. The monoisotopic (exact) mass is 318 g/mol. The Hall–Kier alpha value is -2.34. The third kappa shape index (κ3) is 2.82. The number of methoxy groups -OCH3 is 1. The number of aryl methyl sites for hydroxylation is 1. The molecule has 0 saturated carbocycles. The zero-order valence-electron chi connectivity index (χ0n) is 12.0. The fourth-order valence-corrected chi connectivity index (χ4v) is 2.60. The second-order valence-corrected chi connectivity index (χ2v) is 5.35. The summed E-state index contributed by atoms with van der Waals surface area (Å²) in [6.45, 7) is 0. The van der Waals surface area contributed by atoms with Gasteiger partial charge in [0.2, 0.25) is 0 Å². The summed E-state index contributed by atoms with van der Waals surface area (Å²) < 4.78 is 5.25. The minimum Gasteiger partial charge on any atom is -0.497 e. The number of anilines is 1. The maximum absolute atomic E-state index is 11.4. The van der Waals surface area contributed by atoms with Crippen molar-refractivity contribution in [2.24, 2.45) is 5.10 Å². The van der Waals surface area contributed by atoms with E-state index >= 15 is 0 Å². The normalized spacial score (nSPS) is 15.5. The minimum absolute atomic E-state index is 0.0464. The van der Waals surface area contributed by atoms with Crippen LogP contribution in [0.15, 0.2) is 34.3 Å². The molecule has 0 spiro atoms. The van der Waals surface area contributed by atoms with Gasteiger partial charge in [0, 0.05) is 5.56 Å². The molecule has 1 aliphatic carbocycles. The van der Waals surface area contributed by atoms with Crippen molar-refractivity contribution in [1.29, 1.82) is 0 Å². The van der Waals surface area contributed by atoms with E-state index in [1.807, 2.05) is 18.2 Å². The lowest BCUT2D eigenvalue weighted by Gasteiger charge is -2.18. The highest BCUT2D eigenvalue weighted by Crippen LogP contribution is 2.26. The Bertz CT molecular complexity index is 785. The summed E-state index contributed by atoms with van der Waals surface area (Å²) in [4.78, 5) is 11.4. The summed E-state index contributed by atoms with van der Waals surface area (Å²) in [5.41, 5.74) is 6.01. The van der Waals surface area contributed by atoms with Crippen LogP contribution in [0.5, 0.6) is 5.75 Å². The molecule has 114 valence electrons. The van der Waals surface area contributed by atoms with Crippen LogP contribution in [-0.2, 0) is 6.42 Å². The Balaban J connectivity index is 1.90. The van der Waals surface area contributed by atoms with Crippen LogP contribution in [0, 0.1) is 0 Å². The topological polar surface area (TPSA) is 79.4 Å². The summed E-state index contributed by atoms with van der Waals surface area (Å²) in [7, 11) is 1.66. The van der Waals surface area contributed by atoms with Gasteiger partial charge in [0.1, 0.15) is 16.5 Å². The first-order valence-electron chi connectivity index (χ1n) is 6.92. The number of aromatic amines is 1. The molecule has 0 atom stereocenters. The molecule has 0 bridgehead atoms. The number of fused-ring (bicyclic) bond motifs is 1.